The van der Waals surface area contributed by atoms with Crippen molar-refractivity contribution < 1.29 is 19.2 Å². The van der Waals surface area contributed by atoms with Crippen molar-refractivity contribution in [2.75, 3.05) is 0 Å². The van der Waals surface area contributed by atoms with Crippen LogP contribution in [0, 0.1) is 20.2 Å². The van der Waals surface area contributed by atoms with Gasteiger partial charge in [0.1, 0.15) is 0 Å². The van der Waals surface area contributed by atoms with Crippen molar-refractivity contribution in [3.8, 4) is 55.6 Å². The van der Waals surface area contributed by atoms with Crippen LogP contribution in [0.25, 0.3) is 153 Å². The van der Waals surface area contributed by atoms with Gasteiger partial charge in [0.25, 0.3) is 11.4 Å². The topological polar surface area (TPSA) is 121 Å². The fourth-order valence-electron chi connectivity index (χ4n) is 22.7. The van der Waals surface area contributed by atoms with Gasteiger partial charge in [0.2, 0.25) is 0 Å². The predicted molar refractivity (Wildman–Crippen MR) is 616 cm³/mol. The summed E-state index contributed by atoms with van der Waals surface area (Å²) in [5, 5.41) is 45.8. The summed E-state index contributed by atoms with van der Waals surface area (Å²) in [5.41, 5.74) is 25.9. The van der Waals surface area contributed by atoms with Gasteiger partial charge >= 0.3 is 7.12 Å². The zero-order chi connectivity index (χ0) is 98.9. The summed E-state index contributed by atoms with van der Waals surface area (Å²) in [6.07, 6.45) is 0. The second-order valence-corrected chi connectivity index (χ2v) is 45.1. The largest absolute Gasteiger partial charge is 0.495 e. The molecule has 0 bridgehead atoms. The Morgan fingerprint density at radius 2 is 0.604 bits per heavy atom. The first kappa shape index (κ1) is 95.6. The van der Waals surface area contributed by atoms with E-state index in [2.05, 4.69) is 448 Å². The predicted octanol–water partition coefficient (Wildman–Crippen LogP) is 34.8. The summed E-state index contributed by atoms with van der Waals surface area (Å²) < 4.78 is 14.6. The first-order valence-electron chi connectivity index (χ1n) is 48.9. The average Bonchev–Trinajstić information content (AvgIpc) is 1.54. The molecule has 1 saturated heterocycles. The highest BCUT2D eigenvalue weighted by Crippen LogP contribution is 2.59. The zero-order valence-electron chi connectivity index (χ0n) is 81.9. The Morgan fingerprint density at radius 1 is 0.271 bits per heavy atom. The van der Waals surface area contributed by atoms with Gasteiger partial charge in [-0.1, -0.05) is 406 Å². The normalized spacial score (nSPS) is 14.7. The van der Waals surface area contributed by atoms with Gasteiger partial charge in [-0.3, -0.25) is 20.2 Å². The number of H-pyrrole nitrogens is 1. The molecule has 1 fully saturated rings. The van der Waals surface area contributed by atoms with E-state index in [9.17, 15) is 20.2 Å². The van der Waals surface area contributed by atoms with Crippen LogP contribution in [-0.2, 0) is 31.0 Å². The van der Waals surface area contributed by atoms with Gasteiger partial charge in [0.05, 0.1) is 47.4 Å². The number of nitrogens with zero attached hydrogens (tertiary/aromatic N) is 2. The Morgan fingerprint density at radius 3 is 1.05 bits per heavy atom. The maximum Gasteiger partial charge on any atom is 0.495 e. The Labute approximate surface area is 859 Å². The lowest BCUT2D eigenvalue weighted by Gasteiger charge is -2.32. The summed E-state index contributed by atoms with van der Waals surface area (Å²) in [5.74, 6) is 0. The molecule has 9 nitrogen and oxygen atoms in total. The molecule has 5 aliphatic rings. The van der Waals surface area contributed by atoms with E-state index in [1.807, 2.05) is 66.7 Å². The monoisotopic (exact) mass is 2020 g/mol. The van der Waals surface area contributed by atoms with Crippen molar-refractivity contribution in [3.63, 3.8) is 0 Å². The third kappa shape index (κ3) is 16.5. The lowest BCUT2D eigenvalue weighted by atomic mass is 9.73. The highest BCUT2D eigenvalue weighted by molar-refractivity contribution is 9.11. The molecule has 706 valence electrons. The highest BCUT2D eigenvalue weighted by Gasteiger charge is 2.54. The molecule has 0 unspecified atom stereocenters. The van der Waals surface area contributed by atoms with E-state index in [4.69, 9.17) is 9.31 Å². The van der Waals surface area contributed by atoms with Crippen LogP contribution in [0.1, 0.15) is 135 Å². The molecular weight excluding hydrogens is 1910 g/mol. The summed E-state index contributed by atoms with van der Waals surface area (Å²) in [4.78, 5) is 26.2. The number of hydrogen-bond donors (Lipinski definition) is 1. The van der Waals surface area contributed by atoms with Crippen LogP contribution in [-0.4, -0.2) is 33.2 Å². The molecule has 27 rings (SSSR count). The van der Waals surface area contributed by atoms with E-state index in [-0.39, 0.29) is 68.6 Å². The van der Waals surface area contributed by atoms with E-state index in [1.54, 1.807) is 18.2 Å². The van der Waals surface area contributed by atoms with Crippen molar-refractivity contribution in [2.24, 2.45) is 0 Å². The maximum absolute atomic E-state index is 12.3. The molecule has 0 spiro atoms. The fourth-order valence-corrected chi connectivity index (χ4v) is 26.1. The van der Waals surface area contributed by atoms with Crippen LogP contribution in [0.4, 0.5) is 11.4 Å². The molecule has 0 amide bonds. The van der Waals surface area contributed by atoms with Gasteiger partial charge in [-0.05, 0) is 306 Å². The molecule has 4 aliphatic carbocycles. The van der Waals surface area contributed by atoms with E-state index in [0.29, 0.717) is 20.8 Å². The lowest BCUT2D eigenvalue weighted by molar-refractivity contribution is -0.383. The third-order valence-electron chi connectivity index (χ3n) is 30.8. The number of hydrogen-bond acceptors (Lipinski definition) is 6. The standard InChI is InChI=1S/C29H21NO2.C29H21N.C25H27BO2.C19H15Br.C18H15P.C10H6BrNO2.CH4/c1-29(2)25-13-7-12-22(23-15-14-18-8-5-6-11-21(18)28(23)30(31)32)27(25)24-16-19-9-3-4-10-20(19)17-26(24)29;1-29(2)23-13-14-25-27(21-12-11-17-7-5-6-10-20(17)28(21)30-25)26(23)22-15-18-8-3-4-9-19(18)16-24(22)29;1-23(2)19-12-9-13-21(26-27-24(3,4)25(5,6)28-26)22(19)18-14-16-10-7-8-11-17(16)15-20(18)23;1-19(2)15-8-5-9-17(20)18(15)14-10-12-6-3-4-7-13(12)11-16(14)19;1-4-10-16(11-5-1)19(17-12-6-2-7-13-17)18-14-8-3-9-15-18;11-9-6-5-7-3-1-2-4-8(7)10(9)12(13)14;/h3-17H,1-2H3;3-16,30H,1-2H3;7-15H,1-6H3;3-11H,1-2H3;1-15H;1-6H;1H4. The summed E-state index contributed by atoms with van der Waals surface area (Å²) in [6.45, 7) is 26.9. The molecule has 2 heterocycles. The van der Waals surface area contributed by atoms with E-state index >= 15 is 0 Å². The van der Waals surface area contributed by atoms with Crippen LogP contribution >= 0.6 is 39.8 Å². The minimum atomic E-state index is -0.446. The number of benzene rings is 21. The number of nitro groups is 2. The van der Waals surface area contributed by atoms with Gasteiger partial charge in [0.15, 0.2) is 0 Å². The number of nitro benzene ring substituents is 2. The van der Waals surface area contributed by atoms with Crippen LogP contribution in [0.3, 0.4) is 0 Å². The number of aromatic amines is 1. The van der Waals surface area contributed by atoms with Crippen LogP contribution in [0.2, 0.25) is 0 Å². The molecule has 22 aromatic rings. The molecule has 0 atom stereocenters. The quantitative estimate of drug-likeness (QED) is 0.0734. The molecule has 1 aliphatic heterocycles. The molecule has 0 saturated carbocycles. The maximum atomic E-state index is 12.3. The second kappa shape index (κ2) is 37.3. The number of aromatic nitrogens is 1. The summed E-state index contributed by atoms with van der Waals surface area (Å²) >= 11 is 6.91. The Bertz CT molecular complexity index is 8810. The van der Waals surface area contributed by atoms with E-state index in [1.165, 1.54) is 180 Å². The van der Waals surface area contributed by atoms with Gasteiger partial charge in [-0.25, -0.2) is 0 Å². The second-order valence-electron chi connectivity index (χ2n) is 41.1. The molecule has 21 aromatic carbocycles. The van der Waals surface area contributed by atoms with Crippen LogP contribution < -0.4 is 21.4 Å². The highest BCUT2D eigenvalue weighted by atomic mass is 79.9. The minimum absolute atomic E-state index is 0. The van der Waals surface area contributed by atoms with Gasteiger partial charge < -0.3 is 14.3 Å². The van der Waals surface area contributed by atoms with Crippen molar-refractivity contribution in [1.82, 2.24) is 4.98 Å². The van der Waals surface area contributed by atoms with Crippen molar-refractivity contribution in [1.29, 1.82) is 0 Å². The molecule has 0 radical (unpaired) electrons. The number of nitrogens with one attached hydrogen (secondary N) is 1. The fraction of sp³-hybridized carbons (Fsp3) is 0.145. The molecule has 13 heteroatoms. The Kier molecular flexibility index (Phi) is 24.8. The summed E-state index contributed by atoms with van der Waals surface area (Å²) in [6, 6.07) is 145. The molecule has 144 heavy (non-hydrogen) atoms. The Balaban J connectivity index is 0.000000104. The van der Waals surface area contributed by atoms with Crippen molar-refractivity contribution in [3.05, 3.63) is 486 Å². The minimum Gasteiger partial charge on any atom is -0.399 e. The molecule has 1 N–H and O–H groups in total. The van der Waals surface area contributed by atoms with Crippen LogP contribution in [0.15, 0.2) is 421 Å². The van der Waals surface area contributed by atoms with E-state index < -0.39 is 7.92 Å². The van der Waals surface area contributed by atoms with E-state index in [0.717, 1.165) is 27.4 Å². The van der Waals surface area contributed by atoms with Gasteiger partial charge in [0, 0.05) is 53.4 Å². The van der Waals surface area contributed by atoms with Crippen LogP contribution in [0.5, 0.6) is 0 Å². The SMILES string of the molecule is C.CC1(C)c2cc3ccccc3cc2-c2c(-c3ccc4ccccc4c3[N+](=O)[O-])cccc21.CC1(C)c2cc3ccccc3cc2-c2c(B3OC(C)(C)C(C)(C)O3)cccc21.CC1(C)c2cc3ccccc3cc2-c2c(Br)cccc21.CC1(C)c2cc3ccccc3cc2-c2c1ccc1[nH]c3c4ccccc4ccc3c21.O=[N+]([O-])c1c(Br)ccc2ccccc12.c1ccc(P(c2ccccc2)c2ccccc2)cc1. The van der Waals surface area contributed by atoms with Crippen molar-refractivity contribution in [2.45, 2.75) is 123 Å². The third-order valence-corrected chi connectivity index (χ3v) is 34.5. The number of halogens is 2. The first-order chi connectivity index (χ1) is 68.9. The number of rotatable bonds is 7. The zero-order valence-corrected chi connectivity index (χ0v) is 86.0. The Hall–Kier alpha value is -14.6. The smallest absolute Gasteiger partial charge is 0.399 e. The van der Waals surface area contributed by atoms with Gasteiger partial charge in [-0.15, -0.1) is 0 Å². The molecule has 1 aromatic heterocycles. The average molecular weight is 2020 g/mol. The molecular formula is C131H109BBr2N3O6P. The lowest BCUT2D eigenvalue weighted by Crippen LogP contribution is -2.41. The summed E-state index contributed by atoms with van der Waals surface area (Å²) in [7, 11) is -0.800. The van der Waals surface area contributed by atoms with Gasteiger partial charge in [-0.2, -0.15) is 0 Å². The number of fused-ring (bicyclic) bond motifs is 24. The first-order valence-corrected chi connectivity index (χ1v) is 51.8. The van der Waals surface area contributed by atoms with Crippen molar-refractivity contribution >= 4 is 177 Å².